The monoisotopic (exact) mass is 252 g/mol. The van der Waals surface area contributed by atoms with Crippen molar-refractivity contribution >= 4 is 17.3 Å². The van der Waals surface area contributed by atoms with Gasteiger partial charge in [0, 0.05) is 17.9 Å². The van der Waals surface area contributed by atoms with Gasteiger partial charge in [-0.3, -0.25) is 0 Å². The second kappa shape index (κ2) is 6.25. The van der Waals surface area contributed by atoms with E-state index in [4.69, 9.17) is 11.6 Å². The molecule has 0 spiro atoms. The summed E-state index contributed by atoms with van der Waals surface area (Å²) in [7, 11) is 0. The van der Waals surface area contributed by atoms with Crippen molar-refractivity contribution in [2.45, 2.75) is 51.5 Å². The van der Waals surface area contributed by atoms with Crippen LogP contribution in [0.2, 0.25) is 5.15 Å². The maximum atomic E-state index is 5.88. The first-order chi connectivity index (χ1) is 8.28. The molecule has 1 heterocycles. The van der Waals surface area contributed by atoms with Gasteiger partial charge in [-0.05, 0) is 43.7 Å². The molecule has 0 aromatic carbocycles. The normalized spacial score (nSPS) is 24.6. The smallest absolute Gasteiger partial charge is 0.131 e. The molecule has 1 saturated carbocycles. The topological polar surface area (TPSA) is 24.9 Å². The molecule has 0 atom stereocenters. The summed E-state index contributed by atoms with van der Waals surface area (Å²) in [6.45, 7) is 2.28. The molecule has 1 fully saturated rings. The van der Waals surface area contributed by atoms with Crippen LogP contribution >= 0.6 is 11.6 Å². The number of halogens is 1. The minimum Gasteiger partial charge on any atom is -0.382 e. The predicted molar refractivity (Wildman–Crippen MR) is 73.5 cm³/mol. The van der Waals surface area contributed by atoms with Gasteiger partial charge in [0.25, 0.3) is 0 Å². The Labute approximate surface area is 109 Å². The number of hydrogen-bond donors (Lipinski definition) is 1. The molecule has 0 amide bonds. The van der Waals surface area contributed by atoms with Gasteiger partial charge in [-0.15, -0.1) is 0 Å². The van der Waals surface area contributed by atoms with Crippen molar-refractivity contribution in [1.82, 2.24) is 4.98 Å². The lowest BCUT2D eigenvalue weighted by Crippen LogP contribution is -2.26. The highest BCUT2D eigenvalue weighted by Gasteiger charge is 2.20. The van der Waals surface area contributed by atoms with Crippen LogP contribution in [0.5, 0.6) is 0 Å². The van der Waals surface area contributed by atoms with Gasteiger partial charge in [-0.2, -0.15) is 0 Å². The SMILES string of the molecule is CCCC1CCC(Nc2ccnc(Cl)c2)CC1. The Bertz CT molecular complexity index is 346. The van der Waals surface area contributed by atoms with Crippen molar-refractivity contribution < 1.29 is 0 Å². The van der Waals surface area contributed by atoms with E-state index in [1.54, 1.807) is 6.20 Å². The minimum atomic E-state index is 0.565. The largest absolute Gasteiger partial charge is 0.382 e. The van der Waals surface area contributed by atoms with Crippen LogP contribution in [-0.2, 0) is 0 Å². The van der Waals surface area contributed by atoms with Crippen molar-refractivity contribution in [2.75, 3.05) is 5.32 Å². The Balaban J connectivity index is 1.82. The number of anilines is 1. The van der Waals surface area contributed by atoms with Crippen LogP contribution in [-0.4, -0.2) is 11.0 Å². The van der Waals surface area contributed by atoms with E-state index in [2.05, 4.69) is 17.2 Å². The third-order valence-electron chi connectivity index (χ3n) is 3.64. The molecular weight excluding hydrogens is 232 g/mol. The average Bonchev–Trinajstić information content (AvgIpc) is 2.32. The molecule has 0 bridgehead atoms. The van der Waals surface area contributed by atoms with Crippen LogP contribution in [0.4, 0.5) is 5.69 Å². The molecule has 2 rings (SSSR count). The van der Waals surface area contributed by atoms with Crippen LogP contribution in [0.15, 0.2) is 18.3 Å². The summed E-state index contributed by atoms with van der Waals surface area (Å²) in [5.41, 5.74) is 1.10. The Morgan fingerprint density at radius 1 is 1.35 bits per heavy atom. The second-order valence-corrected chi connectivity index (χ2v) is 5.41. The van der Waals surface area contributed by atoms with Crippen molar-refractivity contribution in [3.05, 3.63) is 23.5 Å². The fourth-order valence-electron chi connectivity index (χ4n) is 2.73. The minimum absolute atomic E-state index is 0.565. The van der Waals surface area contributed by atoms with E-state index in [0.717, 1.165) is 11.6 Å². The second-order valence-electron chi connectivity index (χ2n) is 5.02. The van der Waals surface area contributed by atoms with E-state index in [1.807, 2.05) is 12.1 Å². The Kier molecular flexibility index (Phi) is 4.66. The van der Waals surface area contributed by atoms with Crippen molar-refractivity contribution in [3.8, 4) is 0 Å². The van der Waals surface area contributed by atoms with Crippen molar-refractivity contribution in [2.24, 2.45) is 5.92 Å². The zero-order valence-electron chi connectivity index (χ0n) is 10.5. The number of pyridine rings is 1. The summed E-state index contributed by atoms with van der Waals surface area (Å²) in [4.78, 5) is 3.99. The zero-order chi connectivity index (χ0) is 12.1. The number of nitrogens with zero attached hydrogens (tertiary/aromatic N) is 1. The molecule has 2 nitrogen and oxygen atoms in total. The van der Waals surface area contributed by atoms with Gasteiger partial charge in [-0.25, -0.2) is 4.98 Å². The summed E-state index contributed by atoms with van der Waals surface area (Å²) in [5, 5.41) is 4.12. The summed E-state index contributed by atoms with van der Waals surface area (Å²) >= 11 is 5.88. The van der Waals surface area contributed by atoms with Crippen LogP contribution in [0, 0.1) is 5.92 Å². The molecule has 1 aromatic rings. The van der Waals surface area contributed by atoms with Crippen molar-refractivity contribution in [3.63, 3.8) is 0 Å². The van der Waals surface area contributed by atoms with Gasteiger partial charge >= 0.3 is 0 Å². The molecule has 1 N–H and O–H groups in total. The van der Waals surface area contributed by atoms with E-state index in [9.17, 15) is 0 Å². The van der Waals surface area contributed by atoms with E-state index < -0.39 is 0 Å². The van der Waals surface area contributed by atoms with E-state index in [0.29, 0.717) is 11.2 Å². The predicted octanol–water partition coefficient (Wildman–Crippen LogP) is 4.51. The lowest BCUT2D eigenvalue weighted by atomic mass is 9.83. The fourth-order valence-corrected chi connectivity index (χ4v) is 2.91. The first kappa shape index (κ1) is 12.7. The summed E-state index contributed by atoms with van der Waals surface area (Å²) in [6, 6.07) is 4.51. The maximum Gasteiger partial charge on any atom is 0.131 e. The maximum absolute atomic E-state index is 5.88. The third kappa shape index (κ3) is 3.88. The zero-order valence-corrected chi connectivity index (χ0v) is 11.2. The standard InChI is InChI=1S/C14H21ClN2/c1-2-3-11-4-6-12(7-5-11)17-13-8-9-16-14(15)10-13/h8-12H,2-7H2,1H3,(H,16,17). The quantitative estimate of drug-likeness (QED) is 0.798. The number of hydrogen-bond acceptors (Lipinski definition) is 2. The van der Waals surface area contributed by atoms with Gasteiger partial charge in [0.2, 0.25) is 0 Å². The van der Waals surface area contributed by atoms with Gasteiger partial charge in [-0.1, -0.05) is 31.4 Å². The van der Waals surface area contributed by atoms with Gasteiger partial charge in [0.1, 0.15) is 5.15 Å². The third-order valence-corrected chi connectivity index (χ3v) is 3.85. The van der Waals surface area contributed by atoms with Crippen LogP contribution < -0.4 is 5.32 Å². The summed E-state index contributed by atoms with van der Waals surface area (Å²) in [6.07, 6.45) is 9.77. The van der Waals surface area contributed by atoms with Crippen molar-refractivity contribution in [1.29, 1.82) is 0 Å². The molecule has 0 saturated heterocycles. The molecule has 17 heavy (non-hydrogen) atoms. The molecule has 94 valence electrons. The summed E-state index contributed by atoms with van der Waals surface area (Å²) in [5.74, 6) is 0.957. The Morgan fingerprint density at radius 2 is 2.12 bits per heavy atom. The Hall–Kier alpha value is -0.760. The highest BCUT2D eigenvalue weighted by Crippen LogP contribution is 2.29. The highest BCUT2D eigenvalue weighted by atomic mass is 35.5. The average molecular weight is 253 g/mol. The molecule has 0 radical (unpaired) electrons. The number of nitrogens with one attached hydrogen (secondary N) is 1. The molecule has 0 aliphatic heterocycles. The molecule has 1 aromatic heterocycles. The number of rotatable bonds is 4. The molecule has 1 aliphatic carbocycles. The van der Waals surface area contributed by atoms with Gasteiger partial charge < -0.3 is 5.32 Å². The first-order valence-corrected chi connectivity index (χ1v) is 7.04. The molecule has 3 heteroatoms. The van der Waals surface area contributed by atoms with Crippen LogP contribution in [0.25, 0.3) is 0 Å². The van der Waals surface area contributed by atoms with E-state index >= 15 is 0 Å². The number of aromatic nitrogens is 1. The van der Waals surface area contributed by atoms with Crippen LogP contribution in [0.3, 0.4) is 0 Å². The Morgan fingerprint density at radius 3 is 2.76 bits per heavy atom. The van der Waals surface area contributed by atoms with Crippen LogP contribution in [0.1, 0.15) is 45.4 Å². The fraction of sp³-hybridized carbons (Fsp3) is 0.643. The van der Waals surface area contributed by atoms with E-state index in [-0.39, 0.29) is 0 Å². The first-order valence-electron chi connectivity index (χ1n) is 6.66. The summed E-state index contributed by atoms with van der Waals surface area (Å²) < 4.78 is 0. The lowest BCUT2D eigenvalue weighted by molar-refractivity contribution is 0.319. The van der Waals surface area contributed by atoms with Gasteiger partial charge in [0.15, 0.2) is 0 Å². The molecule has 1 aliphatic rings. The highest BCUT2D eigenvalue weighted by molar-refractivity contribution is 6.29. The molecule has 0 unspecified atom stereocenters. The molecular formula is C14H21ClN2. The van der Waals surface area contributed by atoms with E-state index in [1.165, 1.54) is 38.5 Å². The lowest BCUT2D eigenvalue weighted by Gasteiger charge is -2.29. The van der Waals surface area contributed by atoms with Gasteiger partial charge in [0.05, 0.1) is 0 Å².